The number of hydrogen-bond donors (Lipinski definition) is 3. The molecule has 4 aliphatic carbocycles. The topological polar surface area (TPSA) is 162 Å². The fraction of sp³-hybridized carbons (Fsp3) is 0.667. The van der Waals surface area contributed by atoms with Crippen LogP contribution in [0, 0.1) is 35.5 Å². The number of hydrogen-bond acceptors (Lipinski definition) is 10. The molecule has 3 saturated carbocycles. The number of benzene rings is 1. The van der Waals surface area contributed by atoms with E-state index in [2.05, 4.69) is 25.7 Å². The number of amides is 1. The molecule has 0 radical (unpaired) electrons. The number of primary amides is 1. The van der Waals surface area contributed by atoms with Gasteiger partial charge in [0.05, 0.1) is 17.5 Å². The van der Waals surface area contributed by atoms with Crippen LogP contribution in [0.5, 0.6) is 5.75 Å². The number of aliphatic hydroxyl groups is 1. The van der Waals surface area contributed by atoms with Crippen molar-refractivity contribution in [1.29, 1.82) is 0 Å². The van der Waals surface area contributed by atoms with Gasteiger partial charge in [-0.3, -0.25) is 33.8 Å². The lowest BCUT2D eigenvalue weighted by molar-refractivity contribution is -0.181. The number of phenolic OH excluding ortho intramolecular Hbond substituents is 1. The summed E-state index contributed by atoms with van der Waals surface area (Å²) in [5.74, 6) is -9.27. The van der Waals surface area contributed by atoms with Gasteiger partial charge in [-0.25, -0.2) is 0 Å². The molecule has 0 saturated heterocycles. The van der Waals surface area contributed by atoms with Crippen LogP contribution < -0.4 is 10.6 Å². The first-order valence-corrected chi connectivity index (χ1v) is 15.7. The van der Waals surface area contributed by atoms with Crippen molar-refractivity contribution >= 4 is 34.7 Å². The Kier molecular flexibility index (Phi) is 8.31. The van der Waals surface area contributed by atoms with E-state index in [4.69, 9.17) is 5.73 Å². The number of phenols is 1. The van der Waals surface area contributed by atoms with Gasteiger partial charge in [-0.1, -0.05) is 13.8 Å². The lowest BCUT2D eigenvalue weighted by atomic mass is 9.52. The molecule has 240 valence electrons. The summed E-state index contributed by atoms with van der Waals surface area (Å²) < 4.78 is 0. The minimum atomic E-state index is -2.73. The molecule has 0 bridgehead atoms. The maximum atomic E-state index is 14.2. The van der Waals surface area contributed by atoms with Gasteiger partial charge in [0.15, 0.2) is 34.7 Å². The number of ketones is 4. The van der Waals surface area contributed by atoms with Gasteiger partial charge >= 0.3 is 0 Å². The van der Waals surface area contributed by atoms with E-state index in [1.165, 1.54) is 17.7 Å². The highest BCUT2D eigenvalue weighted by atomic mass is 16.3. The van der Waals surface area contributed by atoms with Gasteiger partial charge in [-0.05, 0) is 81.6 Å². The number of Topliss-reactive ketones (excluding diaryl/α,β-unsaturated/α-hetero) is 4. The van der Waals surface area contributed by atoms with Gasteiger partial charge in [0.2, 0.25) is 5.91 Å². The predicted molar refractivity (Wildman–Crippen MR) is 163 cm³/mol. The molecule has 5 rings (SSSR count). The fourth-order valence-corrected chi connectivity index (χ4v) is 8.05. The first-order chi connectivity index (χ1) is 20.5. The third-order valence-electron chi connectivity index (χ3n) is 10.7. The van der Waals surface area contributed by atoms with Gasteiger partial charge < -0.3 is 20.8 Å². The molecular formula is C33H46N4O7. The Bertz CT molecular complexity index is 1420. The summed E-state index contributed by atoms with van der Waals surface area (Å²) in [6.07, 6.45) is 2.67. The van der Waals surface area contributed by atoms with E-state index in [9.17, 15) is 34.2 Å². The highest BCUT2D eigenvalue weighted by Crippen LogP contribution is 2.52. The van der Waals surface area contributed by atoms with E-state index in [1.54, 1.807) is 20.2 Å². The Morgan fingerprint density at radius 3 is 2.23 bits per heavy atom. The van der Waals surface area contributed by atoms with Crippen LogP contribution in [0.25, 0.3) is 0 Å². The second-order valence-corrected chi connectivity index (χ2v) is 14.3. The molecule has 11 heteroatoms. The molecule has 0 heterocycles. The quantitative estimate of drug-likeness (QED) is 0.347. The summed E-state index contributed by atoms with van der Waals surface area (Å²) in [4.78, 5) is 73.2. The Balaban J connectivity index is 1.60. The first-order valence-electron chi connectivity index (χ1n) is 15.7. The summed E-state index contributed by atoms with van der Waals surface area (Å²) in [6, 6.07) is 0.773. The number of nitrogens with zero attached hydrogens (tertiary/aromatic N) is 3. The van der Waals surface area contributed by atoms with Gasteiger partial charge in [0.25, 0.3) is 0 Å². The van der Waals surface area contributed by atoms with E-state index >= 15 is 0 Å². The number of carbonyl (C=O) groups is 5. The lowest BCUT2D eigenvalue weighted by Gasteiger charge is -2.52. The van der Waals surface area contributed by atoms with Crippen molar-refractivity contribution in [3.05, 3.63) is 22.8 Å². The maximum Gasteiger partial charge on any atom is 0.235 e. The van der Waals surface area contributed by atoms with E-state index < -0.39 is 64.4 Å². The zero-order chi connectivity index (χ0) is 32.6. The molecule has 0 spiro atoms. The second-order valence-electron chi connectivity index (χ2n) is 14.3. The number of anilines is 1. The zero-order valence-electron chi connectivity index (χ0n) is 26.8. The number of rotatable bonds is 9. The normalized spacial score (nSPS) is 30.8. The number of fused-ring (bicyclic) bond motifs is 3. The third kappa shape index (κ3) is 4.97. The van der Waals surface area contributed by atoms with Gasteiger partial charge in [0.1, 0.15) is 5.75 Å². The molecule has 4 N–H and O–H groups in total. The highest BCUT2D eigenvalue weighted by molar-refractivity contribution is 6.32. The van der Waals surface area contributed by atoms with Crippen LogP contribution in [0.1, 0.15) is 61.5 Å². The Hall–Kier alpha value is -3.15. The van der Waals surface area contributed by atoms with E-state index in [1.807, 2.05) is 19.0 Å². The molecule has 2 unspecified atom stereocenters. The molecule has 0 aliphatic heterocycles. The van der Waals surface area contributed by atoms with Gasteiger partial charge in [0, 0.05) is 44.8 Å². The lowest BCUT2D eigenvalue weighted by Crippen LogP contribution is -2.74. The van der Waals surface area contributed by atoms with Crippen LogP contribution in [0.2, 0.25) is 0 Å². The number of likely N-dealkylation sites (N-methyl/N-ethyl adjacent to an activating group) is 1. The average molecular weight is 611 g/mol. The molecule has 11 nitrogen and oxygen atoms in total. The first kappa shape index (κ1) is 32.2. The average Bonchev–Trinajstić information content (AvgIpc) is 3.73. The molecule has 44 heavy (non-hydrogen) atoms. The Morgan fingerprint density at radius 1 is 1.07 bits per heavy atom. The van der Waals surface area contributed by atoms with Gasteiger partial charge in [-0.15, -0.1) is 0 Å². The Morgan fingerprint density at radius 2 is 1.70 bits per heavy atom. The van der Waals surface area contributed by atoms with Crippen LogP contribution in [0.4, 0.5) is 5.69 Å². The Labute approximate surface area is 258 Å². The van der Waals surface area contributed by atoms with Crippen molar-refractivity contribution in [2.24, 2.45) is 41.2 Å². The summed E-state index contributed by atoms with van der Waals surface area (Å²) in [5.41, 5.74) is 5.02. The zero-order valence-corrected chi connectivity index (χ0v) is 26.8. The van der Waals surface area contributed by atoms with Crippen molar-refractivity contribution in [2.75, 3.05) is 39.6 Å². The smallest absolute Gasteiger partial charge is 0.235 e. The van der Waals surface area contributed by atoms with Crippen LogP contribution in [-0.2, 0) is 32.1 Å². The van der Waals surface area contributed by atoms with Crippen molar-refractivity contribution in [3.63, 3.8) is 0 Å². The SMILES string of the molecule is CC(C)[C@@H](C)N(Cc1cc(O)c2c(c1N(C)C)C[C@H]1C[C@H]3[C@H](N(C)C)C(=O)C(C(N)=O)C(=O)[C@@]3(O)C(=O)C1C2=O)CC1CC1. The third-order valence-corrected chi connectivity index (χ3v) is 10.7. The highest BCUT2D eigenvalue weighted by Gasteiger charge is 2.69. The second kappa shape index (κ2) is 11.3. The maximum absolute atomic E-state index is 14.2. The molecule has 7 atom stereocenters. The van der Waals surface area contributed by atoms with Crippen molar-refractivity contribution < 1.29 is 34.2 Å². The molecular weight excluding hydrogens is 564 g/mol. The minimum Gasteiger partial charge on any atom is -0.507 e. The van der Waals surface area contributed by atoms with Gasteiger partial charge in [-0.2, -0.15) is 0 Å². The molecule has 3 fully saturated rings. The summed E-state index contributed by atoms with van der Waals surface area (Å²) in [7, 11) is 6.93. The van der Waals surface area contributed by atoms with E-state index in [-0.39, 0.29) is 30.2 Å². The summed E-state index contributed by atoms with van der Waals surface area (Å²) >= 11 is 0. The van der Waals surface area contributed by atoms with Crippen LogP contribution >= 0.6 is 0 Å². The molecule has 1 aromatic carbocycles. The monoisotopic (exact) mass is 610 g/mol. The van der Waals surface area contributed by atoms with Crippen molar-refractivity contribution in [2.45, 2.75) is 70.7 Å². The summed E-state index contributed by atoms with van der Waals surface area (Å²) in [6.45, 7) is 8.11. The summed E-state index contributed by atoms with van der Waals surface area (Å²) in [5, 5.41) is 23.2. The number of aromatic hydroxyl groups is 1. The predicted octanol–water partition coefficient (Wildman–Crippen LogP) is 1.19. The van der Waals surface area contributed by atoms with Crippen molar-refractivity contribution in [3.8, 4) is 5.75 Å². The molecule has 1 amide bonds. The largest absolute Gasteiger partial charge is 0.507 e. The standard InChI is InChI=1S/C33H46N4O7/c1-15(2)16(3)37(13-17-8-9-17)14-19-12-22(38)24-20(26(19)35(4)5)10-18-11-21-27(36(6)7)29(40)25(32(34)43)31(42)33(21,44)30(41)23(18)28(24)39/h12,15-18,21,23,25,27,38,44H,8-11,13-14H2,1-7H3,(H2,34,43)/t16-,18+,21+,23?,25?,27+,33+/m1/s1. The van der Waals surface area contributed by atoms with Crippen LogP contribution in [-0.4, -0.2) is 101 Å². The molecule has 4 aliphatic rings. The number of nitrogens with two attached hydrogens (primary N) is 1. The van der Waals surface area contributed by atoms with Crippen LogP contribution in [0.15, 0.2) is 6.07 Å². The van der Waals surface area contributed by atoms with Crippen molar-refractivity contribution in [1.82, 2.24) is 9.80 Å². The fourth-order valence-electron chi connectivity index (χ4n) is 8.05. The van der Waals surface area contributed by atoms with E-state index in [0.29, 0.717) is 23.9 Å². The van der Waals surface area contributed by atoms with E-state index in [0.717, 1.165) is 17.8 Å². The molecule has 1 aromatic rings. The minimum absolute atomic E-state index is 0.0229. The number of carbonyl (C=O) groups excluding carboxylic acids is 5. The molecule has 0 aromatic heterocycles. The van der Waals surface area contributed by atoms with Crippen LogP contribution in [0.3, 0.4) is 0 Å².